The molecule has 2 rings (SSSR count). The van der Waals surface area contributed by atoms with Crippen LogP contribution in [0, 0.1) is 0 Å². The average molecular weight is 312 g/mol. The summed E-state index contributed by atoms with van der Waals surface area (Å²) in [5.41, 5.74) is 1.15. The van der Waals surface area contributed by atoms with Crippen molar-refractivity contribution in [3.8, 4) is 0 Å². The lowest BCUT2D eigenvalue weighted by molar-refractivity contribution is 0.0730. The van der Waals surface area contributed by atoms with Gasteiger partial charge in [-0.2, -0.15) is 4.31 Å². The highest BCUT2D eigenvalue weighted by Gasteiger charge is 2.25. The second kappa shape index (κ2) is 7.89. The van der Waals surface area contributed by atoms with Crippen molar-refractivity contribution in [3.05, 3.63) is 29.8 Å². The Kier molecular flexibility index (Phi) is 6.17. The fraction of sp³-hybridized carbons (Fsp3) is 0.600. The Balaban J connectivity index is 1.97. The van der Waals surface area contributed by atoms with Crippen molar-refractivity contribution >= 4 is 10.0 Å². The Morgan fingerprint density at radius 2 is 1.81 bits per heavy atom. The molecular formula is C15H24N2O3S. The van der Waals surface area contributed by atoms with Crippen LogP contribution in [-0.4, -0.2) is 52.1 Å². The summed E-state index contributed by atoms with van der Waals surface area (Å²) in [5, 5.41) is 3.34. The number of hydrogen-bond acceptors (Lipinski definition) is 4. The molecule has 0 bridgehead atoms. The van der Waals surface area contributed by atoms with Gasteiger partial charge in [0.1, 0.15) is 0 Å². The number of ether oxygens (including phenoxy) is 1. The molecule has 1 aromatic rings. The number of hydrogen-bond donors (Lipinski definition) is 1. The van der Waals surface area contributed by atoms with Gasteiger partial charge in [0.25, 0.3) is 0 Å². The molecule has 6 heteroatoms. The van der Waals surface area contributed by atoms with Crippen molar-refractivity contribution in [2.24, 2.45) is 0 Å². The predicted octanol–water partition coefficient (Wildman–Crippen LogP) is 1.25. The lowest BCUT2D eigenvalue weighted by atomic mass is 10.1. The van der Waals surface area contributed by atoms with E-state index in [2.05, 4.69) is 12.2 Å². The summed E-state index contributed by atoms with van der Waals surface area (Å²) in [7, 11) is -3.37. The van der Waals surface area contributed by atoms with Crippen molar-refractivity contribution < 1.29 is 13.2 Å². The summed E-state index contributed by atoms with van der Waals surface area (Å²) < 4.78 is 31.6. The molecule has 1 saturated heterocycles. The summed E-state index contributed by atoms with van der Waals surface area (Å²) in [6, 6.07) is 7.22. The van der Waals surface area contributed by atoms with Crippen molar-refractivity contribution in [1.82, 2.24) is 9.62 Å². The molecule has 1 heterocycles. The molecule has 0 radical (unpaired) electrons. The molecule has 1 fully saturated rings. The minimum Gasteiger partial charge on any atom is -0.379 e. The van der Waals surface area contributed by atoms with Crippen LogP contribution in [0.2, 0.25) is 0 Å². The van der Waals surface area contributed by atoms with E-state index in [1.54, 1.807) is 12.1 Å². The largest absolute Gasteiger partial charge is 0.379 e. The first kappa shape index (κ1) is 16.4. The molecule has 0 amide bonds. The predicted molar refractivity (Wildman–Crippen MR) is 82.9 cm³/mol. The van der Waals surface area contributed by atoms with Crippen molar-refractivity contribution in [2.75, 3.05) is 39.4 Å². The van der Waals surface area contributed by atoms with Gasteiger partial charge in [-0.05, 0) is 43.6 Å². The van der Waals surface area contributed by atoms with Gasteiger partial charge in [-0.3, -0.25) is 0 Å². The number of nitrogens with one attached hydrogen (secondary N) is 1. The normalized spacial score (nSPS) is 17.0. The Morgan fingerprint density at radius 1 is 1.14 bits per heavy atom. The van der Waals surface area contributed by atoms with E-state index in [1.807, 2.05) is 12.1 Å². The topological polar surface area (TPSA) is 58.6 Å². The third-order valence-corrected chi connectivity index (χ3v) is 5.46. The van der Waals surface area contributed by atoms with Gasteiger partial charge >= 0.3 is 0 Å². The van der Waals surface area contributed by atoms with Crippen LogP contribution in [0.25, 0.3) is 0 Å². The van der Waals surface area contributed by atoms with Crippen molar-refractivity contribution in [1.29, 1.82) is 0 Å². The average Bonchev–Trinajstić information content (AvgIpc) is 2.53. The maximum absolute atomic E-state index is 12.5. The molecule has 118 valence electrons. The maximum Gasteiger partial charge on any atom is 0.243 e. The fourth-order valence-corrected chi connectivity index (χ4v) is 3.71. The fourth-order valence-electron chi connectivity index (χ4n) is 2.30. The zero-order valence-electron chi connectivity index (χ0n) is 12.5. The highest BCUT2D eigenvalue weighted by molar-refractivity contribution is 7.89. The van der Waals surface area contributed by atoms with Gasteiger partial charge in [0.2, 0.25) is 10.0 Å². The van der Waals surface area contributed by atoms with E-state index in [0.29, 0.717) is 31.2 Å². The minimum absolute atomic E-state index is 0.370. The first-order chi connectivity index (χ1) is 10.1. The molecule has 21 heavy (non-hydrogen) atoms. The lowest BCUT2D eigenvalue weighted by Gasteiger charge is -2.26. The lowest BCUT2D eigenvalue weighted by Crippen LogP contribution is -2.40. The highest BCUT2D eigenvalue weighted by atomic mass is 32.2. The van der Waals surface area contributed by atoms with Crippen LogP contribution >= 0.6 is 0 Å². The van der Waals surface area contributed by atoms with Crippen molar-refractivity contribution in [3.63, 3.8) is 0 Å². The molecular weight excluding hydrogens is 288 g/mol. The van der Waals surface area contributed by atoms with Crippen LogP contribution in [0.15, 0.2) is 29.2 Å². The summed E-state index contributed by atoms with van der Waals surface area (Å²) in [5.74, 6) is 0. The summed E-state index contributed by atoms with van der Waals surface area (Å²) in [4.78, 5) is 0.370. The van der Waals surface area contributed by atoms with E-state index in [1.165, 1.54) is 4.31 Å². The third kappa shape index (κ3) is 4.51. The molecule has 0 atom stereocenters. The number of sulfonamides is 1. The van der Waals surface area contributed by atoms with E-state index < -0.39 is 10.0 Å². The number of morpholine rings is 1. The van der Waals surface area contributed by atoms with E-state index >= 15 is 0 Å². The minimum atomic E-state index is -3.37. The molecule has 1 N–H and O–H groups in total. The van der Waals surface area contributed by atoms with Gasteiger partial charge in [0.05, 0.1) is 18.1 Å². The molecule has 0 spiro atoms. The molecule has 0 aliphatic carbocycles. The molecule has 5 nitrogen and oxygen atoms in total. The first-order valence-electron chi connectivity index (χ1n) is 7.52. The van der Waals surface area contributed by atoms with Crippen LogP contribution < -0.4 is 5.32 Å². The zero-order valence-corrected chi connectivity index (χ0v) is 13.4. The summed E-state index contributed by atoms with van der Waals surface area (Å²) >= 11 is 0. The molecule has 0 unspecified atom stereocenters. The maximum atomic E-state index is 12.5. The SMILES string of the molecule is CCCNCCc1ccc(S(=O)(=O)N2CCOCC2)cc1. The van der Waals surface area contributed by atoms with Crippen LogP contribution in [0.3, 0.4) is 0 Å². The molecule has 1 aliphatic rings. The molecule has 0 saturated carbocycles. The molecule has 1 aliphatic heterocycles. The summed E-state index contributed by atoms with van der Waals surface area (Å²) in [6.07, 6.45) is 2.04. The van der Waals surface area contributed by atoms with Gasteiger partial charge in [0, 0.05) is 13.1 Å². The number of nitrogens with zero attached hydrogens (tertiary/aromatic N) is 1. The van der Waals surface area contributed by atoms with Crippen LogP contribution in [0.5, 0.6) is 0 Å². The number of benzene rings is 1. The van der Waals surface area contributed by atoms with Crippen LogP contribution in [0.4, 0.5) is 0 Å². The van der Waals surface area contributed by atoms with E-state index in [0.717, 1.165) is 31.5 Å². The Labute approximate surface area is 127 Å². The Bertz CT molecular complexity index is 522. The quantitative estimate of drug-likeness (QED) is 0.770. The van der Waals surface area contributed by atoms with Crippen LogP contribution in [-0.2, 0) is 21.2 Å². The second-order valence-corrected chi connectivity index (χ2v) is 7.10. The highest BCUT2D eigenvalue weighted by Crippen LogP contribution is 2.17. The van der Waals surface area contributed by atoms with Gasteiger partial charge < -0.3 is 10.1 Å². The Hall–Kier alpha value is -0.950. The smallest absolute Gasteiger partial charge is 0.243 e. The standard InChI is InChI=1S/C15H24N2O3S/c1-2-8-16-9-7-14-3-5-15(6-4-14)21(18,19)17-10-12-20-13-11-17/h3-6,16H,2,7-13H2,1H3. The van der Waals surface area contributed by atoms with E-state index in [-0.39, 0.29) is 0 Å². The van der Waals surface area contributed by atoms with Gasteiger partial charge in [-0.15, -0.1) is 0 Å². The molecule has 1 aromatic carbocycles. The van der Waals surface area contributed by atoms with Crippen molar-refractivity contribution in [2.45, 2.75) is 24.7 Å². The van der Waals surface area contributed by atoms with Gasteiger partial charge in [-0.25, -0.2) is 8.42 Å². The van der Waals surface area contributed by atoms with Crippen LogP contribution in [0.1, 0.15) is 18.9 Å². The van der Waals surface area contributed by atoms with E-state index in [4.69, 9.17) is 4.74 Å². The summed E-state index contributed by atoms with van der Waals surface area (Å²) in [6.45, 7) is 5.89. The molecule has 0 aromatic heterocycles. The third-order valence-electron chi connectivity index (χ3n) is 3.55. The zero-order chi connectivity index (χ0) is 15.1. The number of rotatable bonds is 7. The van der Waals surface area contributed by atoms with E-state index in [9.17, 15) is 8.42 Å². The van der Waals surface area contributed by atoms with Gasteiger partial charge in [-0.1, -0.05) is 19.1 Å². The Morgan fingerprint density at radius 3 is 2.43 bits per heavy atom. The monoisotopic (exact) mass is 312 g/mol. The first-order valence-corrected chi connectivity index (χ1v) is 8.96. The van der Waals surface area contributed by atoms with Gasteiger partial charge in [0.15, 0.2) is 0 Å². The second-order valence-electron chi connectivity index (χ2n) is 5.16.